The number of fused-ring (bicyclic) bond motifs is 2. The monoisotopic (exact) mass is 444 g/mol. The van der Waals surface area contributed by atoms with Crippen LogP contribution in [0.5, 0.6) is 0 Å². The Balaban J connectivity index is 1.51. The molecule has 4 heteroatoms. The van der Waals surface area contributed by atoms with E-state index >= 15 is 0 Å². The molecule has 0 bridgehead atoms. The molecule has 4 aromatic carbocycles. The fourth-order valence-electron chi connectivity index (χ4n) is 5.37. The van der Waals surface area contributed by atoms with Gasteiger partial charge in [0.25, 0.3) is 11.8 Å². The summed E-state index contributed by atoms with van der Waals surface area (Å²) in [5.74, 6) is 0.0177. The molecule has 166 valence electrons. The highest BCUT2D eigenvalue weighted by Gasteiger charge is 2.44. The molecule has 0 unspecified atom stereocenters. The van der Waals surface area contributed by atoms with Crippen LogP contribution in [0.15, 0.2) is 109 Å². The Bertz CT molecular complexity index is 1260. The molecule has 0 aromatic heterocycles. The fourth-order valence-corrected chi connectivity index (χ4v) is 5.37. The SMILES string of the molecule is O=C1c2ccccc2CN1[C@@H](c1ccccc1)[C@H](c1ccccc1)N1Cc2ccccc2C1=O. The molecule has 34 heavy (non-hydrogen) atoms. The van der Waals surface area contributed by atoms with Crippen LogP contribution in [0, 0.1) is 0 Å². The van der Waals surface area contributed by atoms with Gasteiger partial charge < -0.3 is 9.80 Å². The number of amides is 2. The molecule has 0 N–H and O–H groups in total. The van der Waals surface area contributed by atoms with Gasteiger partial charge in [0.05, 0.1) is 12.1 Å². The average molecular weight is 445 g/mol. The molecule has 0 saturated heterocycles. The van der Waals surface area contributed by atoms with Crippen LogP contribution in [0.4, 0.5) is 0 Å². The van der Waals surface area contributed by atoms with Crippen LogP contribution < -0.4 is 0 Å². The van der Waals surface area contributed by atoms with E-state index in [1.54, 1.807) is 0 Å². The van der Waals surface area contributed by atoms with Gasteiger partial charge in [-0.3, -0.25) is 9.59 Å². The highest BCUT2D eigenvalue weighted by atomic mass is 16.2. The van der Waals surface area contributed by atoms with Gasteiger partial charge in [-0.1, -0.05) is 97.1 Å². The first-order chi connectivity index (χ1) is 16.7. The van der Waals surface area contributed by atoms with Gasteiger partial charge in [0.1, 0.15) is 0 Å². The summed E-state index contributed by atoms with van der Waals surface area (Å²) in [6, 6.07) is 35.1. The summed E-state index contributed by atoms with van der Waals surface area (Å²) in [4.78, 5) is 31.2. The molecule has 2 aliphatic heterocycles. The Hall–Kier alpha value is -4.18. The lowest BCUT2D eigenvalue weighted by Crippen LogP contribution is -2.41. The van der Waals surface area contributed by atoms with Crippen LogP contribution in [0.25, 0.3) is 0 Å². The van der Waals surface area contributed by atoms with Crippen molar-refractivity contribution in [2.75, 3.05) is 0 Å². The van der Waals surface area contributed by atoms with Gasteiger partial charge in [-0.15, -0.1) is 0 Å². The first kappa shape index (κ1) is 20.4. The van der Waals surface area contributed by atoms with Gasteiger partial charge in [-0.25, -0.2) is 0 Å². The predicted octanol–water partition coefficient (Wildman–Crippen LogP) is 5.78. The van der Waals surface area contributed by atoms with Crippen LogP contribution in [-0.2, 0) is 13.1 Å². The maximum atomic E-state index is 13.7. The van der Waals surface area contributed by atoms with Crippen molar-refractivity contribution >= 4 is 11.8 Å². The molecule has 0 aliphatic carbocycles. The van der Waals surface area contributed by atoms with Crippen molar-refractivity contribution in [3.8, 4) is 0 Å². The van der Waals surface area contributed by atoms with Crippen LogP contribution in [-0.4, -0.2) is 21.6 Å². The molecule has 4 nitrogen and oxygen atoms in total. The van der Waals surface area contributed by atoms with Crippen molar-refractivity contribution < 1.29 is 9.59 Å². The number of carbonyl (C=O) groups is 2. The quantitative estimate of drug-likeness (QED) is 0.391. The number of benzene rings is 4. The van der Waals surface area contributed by atoms with Gasteiger partial charge in [0.2, 0.25) is 0 Å². The molecular formula is C30H24N2O2. The number of hydrogen-bond acceptors (Lipinski definition) is 2. The Morgan fingerprint density at radius 3 is 1.21 bits per heavy atom. The average Bonchev–Trinajstić information content (AvgIpc) is 3.40. The third-order valence-corrected chi connectivity index (χ3v) is 6.95. The lowest BCUT2D eigenvalue weighted by Gasteiger charge is -2.40. The maximum Gasteiger partial charge on any atom is 0.255 e. The third-order valence-electron chi connectivity index (χ3n) is 6.95. The second-order valence-corrected chi connectivity index (χ2v) is 8.89. The number of hydrogen-bond donors (Lipinski definition) is 0. The summed E-state index contributed by atoms with van der Waals surface area (Å²) in [5, 5.41) is 0. The molecule has 0 spiro atoms. The van der Waals surface area contributed by atoms with E-state index < -0.39 is 0 Å². The largest absolute Gasteiger partial charge is 0.325 e. The van der Waals surface area contributed by atoms with Gasteiger partial charge in [0, 0.05) is 24.2 Å². The minimum absolute atomic E-state index is 0.00884. The minimum Gasteiger partial charge on any atom is -0.325 e. The van der Waals surface area contributed by atoms with Crippen molar-refractivity contribution in [1.82, 2.24) is 9.80 Å². The Labute approximate surface area is 199 Å². The van der Waals surface area contributed by atoms with Crippen molar-refractivity contribution in [2.24, 2.45) is 0 Å². The standard InChI is InChI=1S/C30H24N2O2/c33-29-25-17-9-7-15-23(25)19-31(29)27(21-11-3-1-4-12-21)28(22-13-5-2-6-14-22)32-20-24-16-8-10-18-26(24)30(32)34/h1-18,27-28H,19-20H2/t27-,28-/m0/s1. The van der Waals surface area contributed by atoms with Crippen molar-refractivity contribution in [3.05, 3.63) is 143 Å². The number of nitrogens with zero attached hydrogens (tertiary/aromatic N) is 2. The van der Waals surface area contributed by atoms with Crippen LogP contribution in [0.2, 0.25) is 0 Å². The summed E-state index contributed by atoms with van der Waals surface area (Å²) in [6.45, 7) is 1.04. The van der Waals surface area contributed by atoms with E-state index in [2.05, 4.69) is 24.3 Å². The maximum absolute atomic E-state index is 13.7. The Morgan fingerprint density at radius 2 is 0.824 bits per heavy atom. The molecule has 0 radical (unpaired) electrons. The van der Waals surface area contributed by atoms with E-state index in [0.29, 0.717) is 13.1 Å². The molecule has 2 aliphatic rings. The smallest absolute Gasteiger partial charge is 0.255 e. The first-order valence-electron chi connectivity index (χ1n) is 11.6. The summed E-state index contributed by atoms with van der Waals surface area (Å²) in [7, 11) is 0. The summed E-state index contributed by atoms with van der Waals surface area (Å²) >= 11 is 0. The van der Waals surface area contributed by atoms with Crippen molar-refractivity contribution in [3.63, 3.8) is 0 Å². The molecule has 2 amide bonds. The molecule has 6 rings (SSSR count). The van der Waals surface area contributed by atoms with E-state index in [4.69, 9.17) is 0 Å². The van der Waals surface area contributed by atoms with E-state index in [9.17, 15) is 9.59 Å². The van der Waals surface area contributed by atoms with Gasteiger partial charge in [0.15, 0.2) is 0 Å². The van der Waals surface area contributed by atoms with Crippen LogP contribution in [0.1, 0.15) is 55.1 Å². The topological polar surface area (TPSA) is 40.6 Å². The number of rotatable bonds is 5. The van der Waals surface area contributed by atoms with Crippen LogP contribution >= 0.6 is 0 Å². The van der Waals surface area contributed by atoms with Crippen molar-refractivity contribution in [2.45, 2.75) is 25.2 Å². The third kappa shape index (κ3) is 3.30. The Kier molecular flexibility index (Phi) is 4.99. The van der Waals surface area contributed by atoms with Crippen molar-refractivity contribution in [1.29, 1.82) is 0 Å². The molecule has 2 heterocycles. The molecule has 0 fully saturated rings. The minimum atomic E-state index is -0.332. The zero-order chi connectivity index (χ0) is 23.1. The second kappa shape index (κ2) is 8.31. The van der Waals surface area contributed by atoms with E-state index in [1.807, 2.05) is 94.7 Å². The van der Waals surface area contributed by atoms with E-state index in [-0.39, 0.29) is 23.9 Å². The summed E-state index contributed by atoms with van der Waals surface area (Å²) in [6.07, 6.45) is 0. The zero-order valence-electron chi connectivity index (χ0n) is 18.7. The highest BCUT2D eigenvalue weighted by Crippen LogP contribution is 2.45. The molecule has 2 atom stereocenters. The van der Waals surface area contributed by atoms with E-state index in [1.165, 1.54) is 0 Å². The number of carbonyl (C=O) groups excluding carboxylic acids is 2. The molecule has 0 saturated carbocycles. The van der Waals surface area contributed by atoms with Crippen LogP contribution in [0.3, 0.4) is 0 Å². The fraction of sp³-hybridized carbons (Fsp3) is 0.133. The second-order valence-electron chi connectivity index (χ2n) is 8.89. The lowest BCUT2D eigenvalue weighted by atomic mass is 9.90. The van der Waals surface area contributed by atoms with Gasteiger partial charge in [-0.2, -0.15) is 0 Å². The highest BCUT2D eigenvalue weighted by molar-refractivity contribution is 6.00. The Morgan fingerprint density at radius 1 is 0.471 bits per heavy atom. The summed E-state index contributed by atoms with van der Waals surface area (Å²) < 4.78 is 0. The molecular weight excluding hydrogens is 420 g/mol. The summed E-state index contributed by atoms with van der Waals surface area (Å²) in [5.41, 5.74) is 5.56. The van der Waals surface area contributed by atoms with Gasteiger partial charge in [-0.05, 0) is 34.4 Å². The molecule has 4 aromatic rings. The predicted molar refractivity (Wildman–Crippen MR) is 131 cm³/mol. The zero-order valence-corrected chi connectivity index (χ0v) is 18.7. The van der Waals surface area contributed by atoms with Gasteiger partial charge >= 0.3 is 0 Å². The lowest BCUT2D eigenvalue weighted by molar-refractivity contribution is 0.0419. The normalized spacial score (nSPS) is 16.4. The van der Waals surface area contributed by atoms with E-state index in [0.717, 1.165) is 33.4 Å². The first-order valence-corrected chi connectivity index (χ1v) is 11.6.